The number of aromatic nitrogens is 3. The molecule has 1 unspecified atom stereocenters. The second-order valence-electron chi connectivity index (χ2n) is 5.23. The fraction of sp³-hybridized carbons (Fsp3) is 0.429. The standard InChI is InChI=1S/C14H13Cl2F2N3O3/c1-7-19-21(14(22)20(7)13(17)18)11-5-12(10(16)4-9(11)15)24-8-2-3-23-6-8/h4-5,8,13H,2-3,6H2,1H3. The Bertz CT molecular complexity index is 816. The highest BCUT2D eigenvalue weighted by Crippen LogP contribution is 2.34. The molecule has 130 valence electrons. The van der Waals surface area contributed by atoms with Crippen molar-refractivity contribution in [2.24, 2.45) is 0 Å². The fourth-order valence-corrected chi connectivity index (χ4v) is 2.92. The van der Waals surface area contributed by atoms with Crippen LogP contribution in [0.15, 0.2) is 16.9 Å². The highest BCUT2D eigenvalue weighted by molar-refractivity contribution is 6.36. The van der Waals surface area contributed by atoms with Crippen molar-refractivity contribution in [1.82, 2.24) is 14.3 Å². The van der Waals surface area contributed by atoms with Gasteiger partial charge >= 0.3 is 12.2 Å². The third kappa shape index (κ3) is 3.13. The molecule has 0 spiro atoms. The Labute approximate surface area is 145 Å². The average Bonchev–Trinajstić information content (AvgIpc) is 3.10. The molecular weight excluding hydrogens is 367 g/mol. The maximum Gasteiger partial charge on any atom is 0.355 e. The SMILES string of the molecule is Cc1nn(-c2cc(OC3CCOC3)c(Cl)cc2Cl)c(=O)n1C(F)F. The molecule has 1 aliphatic rings. The molecule has 24 heavy (non-hydrogen) atoms. The van der Waals surface area contributed by atoms with Gasteiger partial charge in [0.2, 0.25) is 0 Å². The van der Waals surface area contributed by atoms with Crippen LogP contribution in [0, 0.1) is 6.92 Å². The van der Waals surface area contributed by atoms with Crippen LogP contribution in [0.3, 0.4) is 0 Å². The molecule has 1 aromatic carbocycles. The second kappa shape index (κ2) is 6.70. The minimum absolute atomic E-state index is 0.0936. The summed E-state index contributed by atoms with van der Waals surface area (Å²) < 4.78 is 37.9. The van der Waals surface area contributed by atoms with E-state index in [2.05, 4.69) is 5.10 Å². The maximum absolute atomic E-state index is 12.9. The van der Waals surface area contributed by atoms with Crippen molar-refractivity contribution in [3.8, 4) is 11.4 Å². The monoisotopic (exact) mass is 379 g/mol. The Morgan fingerprint density at radius 2 is 2.12 bits per heavy atom. The molecule has 2 heterocycles. The predicted octanol–water partition coefficient (Wildman–Crippen LogP) is 3.21. The van der Waals surface area contributed by atoms with Gasteiger partial charge in [0.15, 0.2) is 0 Å². The molecule has 0 radical (unpaired) electrons. The lowest BCUT2D eigenvalue weighted by molar-refractivity contribution is 0.0640. The van der Waals surface area contributed by atoms with Crippen LogP contribution in [0.5, 0.6) is 5.75 Å². The Morgan fingerprint density at radius 1 is 1.38 bits per heavy atom. The third-order valence-corrected chi connectivity index (χ3v) is 4.18. The number of ether oxygens (including phenoxy) is 2. The molecular formula is C14H13Cl2F2N3O3. The minimum atomic E-state index is -3.00. The zero-order valence-electron chi connectivity index (χ0n) is 12.5. The van der Waals surface area contributed by atoms with Crippen LogP contribution in [-0.4, -0.2) is 33.7 Å². The van der Waals surface area contributed by atoms with E-state index in [-0.39, 0.29) is 38.0 Å². The lowest BCUT2D eigenvalue weighted by Crippen LogP contribution is -2.25. The van der Waals surface area contributed by atoms with Gasteiger partial charge in [-0.3, -0.25) is 0 Å². The van der Waals surface area contributed by atoms with Crippen LogP contribution in [0.1, 0.15) is 18.8 Å². The van der Waals surface area contributed by atoms with Crippen molar-refractivity contribution in [1.29, 1.82) is 0 Å². The van der Waals surface area contributed by atoms with Crippen LogP contribution < -0.4 is 10.4 Å². The van der Waals surface area contributed by atoms with E-state index in [4.69, 9.17) is 32.7 Å². The lowest BCUT2D eigenvalue weighted by Gasteiger charge is -2.15. The summed E-state index contributed by atoms with van der Waals surface area (Å²) >= 11 is 12.2. The maximum atomic E-state index is 12.9. The van der Waals surface area contributed by atoms with Crippen molar-refractivity contribution in [3.05, 3.63) is 38.5 Å². The van der Waals surface area contributed by atoms with Crippen LogP contribution >= 0.6 is 23.2 Å². The molecule has 1 saturated heterocycles. The molecule has 0 amide bonds. The number of alkyl halides is 2. The number of hydrogen-bond acceptors (Lipinski definition) is 4. The third-order valence-electron chi connectivity index (χ3n) is 3.59. The Morgan fingerprint density at radius 3 is 2.71 bits per heavy atom. The number of hydrogen-bond donors (Lipinski definition) is 0. The van der Waals surface area contributed by atoms with E-state index in [0.717, 1.165) is 4.68 Å². The normalized spacial score (nSPS) is 17.7. The topological polar surface area (TPSA) is 58.3 Å². The quantitative estimate of drug-likeness (QED) is 0.818. The molecule has 1 atom stereocenters. The van der Waals surface area contributed by atoms with Gasteiger partial charge < -0.3 is 9.47 Å². The van der Waals surface area contributed by atoms with Crippen LogP contribution in [0.2, 0.25) is 10.0 Å². The van der Waals surface area contributed by atoms with Crippen LogP contribution in [0.4, 0.5) is 8.78 Å². The van der Waals surface area contributed by atoms with E-state index in [0.29, 0.717) is 19.6 Å². The van der Waals surface area contributed by atoms with E-state index < -0.39 is 12.2 Å². The van der Waals surface area contributed by atoms with Crippen molar-refractivity contribution < 1.29 is 18.3 Å². The van der Waals surface area contributed by atoms with Crippen molar-refractivity contribution in [2.75, 3.05) is 13.2 Å². The number of rotatable bonds is 4. The molecule has 0 bridgehead atoms. The summed E-state index contributed by atoms with van der Waals surface area (Å²) in [6.45, 7) is -0.682. The van der Waals surface area contributed by atoms with Gasteiger partial charge in [-0.1, -0.05) is 23.2 Å². The van der Waals surface area contributed by atoms with E-state index in [9.17, 15) is 13.6 Å². The van der Waals surface area contributed by atoms with Crippen molar-refractivity contribution in [3.63, 3.8) is 0 Å². The van der Waals surface area contributed by atoms with Gasteiger partial charge in [0.05, 0.1) is 28.9 Å². The van der Waals surface area contributed by atoms with Crippen molar-refractivity contribution >= 4 is 23.2 Å². The van der Waals surface area contributed by atoms with Gasteiger partial charge in [0, 0.05) is 12.5 Å². The van der Waals surface area contributed by atoms with E-state index in [1.807, 2.05) is 0 Å². The summed E-state index contributed by atoms with van der Waals surface area (Å²) in [6, 6.07) is 2.79. The van der Waals surface area contributed by atoms with Gasteiger partial charge in [0.25, 0.3) is 0 Å². The largest absolute Gasteiger partial charge is 0.486 e. The van der Waals surface area contributed by atoms with Crippen molar-refractivity contribution in [2.45, 2.75) is 26.0 Å². The summed E-state index contributed by atoms with van der Waals surface area (Å²) in [5, 5.41) is 4.18. The van der Waals surface area contributed by atoms with Crippen LogP contribution in [0.25, 0.3) is 5.69 Å². The first kappa shape index (κ1) is 17.2. The molecule has 2 aromatic rings. The number of aryl methyl sites for hydroxylation is 1. The number of halogens is 4. The summed E-state index contributed by atoms with van der Waals surface area (Å²) in [5.74, 6) is 0.149. The second-order valence-corrected chi connectivity index (χ2v) is 6.04. The summed E-state index contributed by atoms with van der Waals surface area (Å²) in [7, 11) is 0. The number of benzene rings is 1. The number of nitrogens with zero attached hydrogens (tertiary/aromatic N) is 3. The van der Waals surface area contributed by atoms with Crippen LogP contribution in [-0.2, 0) is 4.74 Å². The van der Waals surface area contributed by atoms with E-state index >= 15 is 0 Å². The first-order valence-corrected chi connectivity index (χ1v) is 7.84. The molecule has 1 aliphatic heterocycles. The lowest BCUT2D eigenvalue weighted by atomic mass is 10.2. The molecule has 0 aliphatic carbocycles. The highest BCUT2D eigenvalue weighted by Gasteiger charge is 2.23. The Hall–Kier alpha value is -1.64. The Kier molecular flexibility index (Phi) is 4.80. The van der Waals surface area contributed by atoms with Gasteiger partial charge in [-0.05, 0) is 13.0 Å². The zero-order valence-corrected chi connectivity index (χ0v) is 14.0. The fourth-order valence-electron chi connectivity index (χ4n) is 2.41. The smallest absolute Gasteiger partial charge is 0.355 e. The molecule has 1 aromatic heterocycles. The van der Waals surface area contributed by atoms with E-state index in [1.165, 1.54) is 19.1 Å². The molecule has 1 fully saturated rings. The van der Waals surface area contributed by atoms with Gasteiger partial charge in [0.1, 0.15) is 17.7 Å². The molecule has 3 rings (SSSR count). The zero-order chi connectivity index (χ0) is 17.4. The average molecular weight is 380 g/mol. The Balaban J connectivity index is 2.05. The minimum Gasteiger partial charge on any atom is -0.486 e. The summed E-state index contributed by atoms with van der Waals surface area (Å²) in [6.07, 6.45) is 0.529. The molecule has 0 saturated carbocycles. The molecule has 6 nitrogen and oxygen atoms in total. The van der Waals surface area contributed by atoms with Gasteiger partial charge in [-0.15, -0.1) is 5.10 Å². The predicted molar refractivity (Wildman–Crippen MR) is 83.7 cm³/mol. The summed E-state index contributed by atoms with van der Waals surface area (Å²) in [4.78, 5) is 12.2. The van der Waals surface area contributed by atoms with Gasteiger partial charge in [-0.25, -0.2) is 9.36 Å². The molecule has 10 heteroatoms. The summed E-state index contributed by atoms with van der Waals surface area (Å²) in [5.41, 5.74) is -0.885. The molecule has 0 N–H and O–H groups in total. The first-order valence-electron chi connectivity index (χ1n) is 7.08. The van der Waals surface area contributed by atoms with Gasteiger partial charge in [-0.2, -0.15) is 13.5 Å². The van der Waals surface area contributed by atoms with E-state index in [1.54, 1.807) is 0 Å². The first-order chi connectivity index (χ1) is 11.4. The highest BCUT2D eigenvalue weighted by atomic mass is 35.5.